The van der Waals surface area contributed by atoms with Crippen LogP contribution in [0, 0.1) is 0 Å². The lowest BCUT2D eigenvalue weighted by Crippen LogP contribution is -2.72. The molecule has 0 aromatic rings. The van der Waals surface area contributed by atoms with Crippen molar-refractivity contribution < 1.29 is 39.1 Å². The molecule has 0 saturated carbocycles. The monoisotopic (exact) mass is 378 g/mol. The van der Waals surface area contributed by atoms with E-state index in [0.29, 0.717) is 0 Å². The van der Waals surface area contributed by atoms with Gasteiger partial charge >= 0.3 is 11.9 Å². The standard InChI is InChI=1S/C14H26N4O8/c1-3-14(23)10(17)9(26-13(18,5-15)12(21)22)8(7(4-19)25-14)24-11(20)6(2)16/h3,6-10,19,23H,1,4-5,15-18H2,2H3,(H,21,22)/t6-,7+,8+,9-,10+,13?,14-/m0/s1. The van der Waals surface area contributed by atoms with Crippen LogP contribution in [0.25, 0.3) is 0 Å². The Morgan fingerprint density at radius 1 is 1.46 bits per heavy atom. The van der Waals surface area contributed by atoms with E-state index in [1.807, 2.05) is 0 Å². The Bertz CT molecular complexity index is 547. The Labute approximate surface area is 149 Å². The molecule has 1 fully saturated rings. The molecule has 1 aliphatic heterocycles. The summed E-state index contributed by atoms with van der Waals surface area (Å²) in [6.07, 6.45) is -3.35. The number of esters is 1. The van der Waals surface area contributed by atoms with E-state index in [9.17, 15) is 24.9 Å². The van der Waals surface area contributed by atoms with Gasteiger partial charge in [-0.25, -0.2) is 4.79 Å². The van der Waals surface area contributed by atoms with Crippen LogP contribution in [0.4, 0.5) is 0 Å². The first-order chi connectivity index (χ1) is 12.0. The molecule has 11 N–H and O–H groups in total. The molecule has 0 aromatic carbocycles. The van der Waals surface area contributed by atoms with Gasteiger partial charge in [0.05, 0.1) is 12.6 Å². The number of rotatable bonds is 8. The first-order valence-corrected chi connectivity index (χ1v) is 7.72. The normalized spacial score (nSPS) is 35.2. The maximum Gasteiger partial charge on any atom is 0.352 e. The molecule has 26 heavy (non-hydrogen) atoms. The molecule has 0 aliphatic carbocycles. The highest BCUT2D eigenvalue weighted by molar-refractivity contribution is 5.77. The first kappa shape index (κ1) is 22.4. The fraction of sp³-hybridized carbons (Fsp3) is 0.714. The Hall–Kier alpha value is -1.64. The van der Waals surface area contributed by atoms with E-state index in [1.54, 1.807) is 0 Å². The predicted octanol–water partition coefficient (Wildman–Crippen LogP) is -4.08. The van der Waals surface area contributed by atoms with Crippen LogP contribution < -0.4 is 22.9 Å². The van der Waals surface area contributed by atoms with E-state index in [2.05, 4.69) is 6.58 Å². The van der Waals surface area contributed by atoms with Gasteiger partial charge in [-0.15, -0.1) is 0 Å². The highest BCUT2D eigenvalue weighted by Crippen LogP contribution is 2.33. The number of carbonyl (C=O) groups excluding carboxylic acids is 1. The summed E-state index contributed by atoms with van der Waals surface area (Å²) in [4.78, 5) is 23.3. The van der Waals surface area contributed by atoms with Crippen LogP contribution in [-0.4, -0.2) is 82.3 Å². The first-order valence-electron chi connectivity index (χ1n) is 7.72. The second-order valence-corrected chi connectivity index (χ2v) is 5.99. The number of nitrogens with two attached hydrogens (primary N) is 4. The highest BCUT2D eigenvalue weighted by Gasteiger charge is 2.56. The van der Waals surface area contributed by atoms with Gasteiger partial charge in [-0.1, -0.05) is 6.58 Å². The van der Waals surface area contributed by atoms with Gasteiger partial charge < -0.3 is 46.7 Å². The summed E-state index contributed by atoms with van der Waals surface area (Å²) >= 11 is 0. The van der Waals surface area contributed by atoms with Gasteiger partial charge in [0.15, 0.2) is 6.10 Å². The Kier molecular flexibility index (Phi) is 7.21. The van der Waals surface area contributed by atoms with Crippen LogP contribution in [-0.2, 0) is 23.8 Å². The lowest BCUT2D eigenvalue weighted by atomic mass is 9.90. The number of carbonyl (C=O) groups is 2. The molecule has 0 spiro atoms. The molecule has 12 nitrogen and oxygen atoms in total. The second-order valence-electron chi connectivity index (χ2n) is 5.99. The summed E-state index contributed by atoms with van der Waals surface area (Å²) in [6.45, 7) is 3.35. The molecule has 0 amide bonds. The van der Waals surface area contributed by atoms with Crippen LogP contribution in [0.5, 0.6) is 0 Å². The second kappa shape index (κ2) is 8.37. The van der Waals surface area contributed by atoms with Crippen molar-refractivity contribution in [2.75, 3.05) is 13.2 Å². The van der Waals surface area contributed by atoms with Gasteiger partial charge in [0.25, 0.3) is 0 Å². The van der Waals surface area contributed by atoms with Gasteiger partial charge in [-0.2, -0.15) is 0 Å². The number of aliphatic hydroxyl groups excluding tert-OH is 1. The van der Waals surface area contributed by atoms with Gasteiger partial charge in [0.2, 0.25) is 11.5 Å². The van der Waals surface area contributed by atoms with Gasteiger partial charge in [0, 0.05) is 6.54 Å². The van der Waals surface area contributed by atoms with Crippen molar-refractivity contribution in [3.05, 3.63) is 12.7 Å². The minimum atomic E-state index is -2.40. The molecular formula is C14H26N4O8. The minimum Gasteiger partial charge on any atom is -0.478 e. The van der Waals surface area contributed by atoms with Crippen molar-refractivity contribution in [2.45, 2.75) is 48.8 Å². The number of carboxylic acid groups (broad SMARTS) is 1. The molecular weight excluding hydrogens is 352 g/mol. The molecule has 1 rings (SSSR count). The summed E-state index contributed by atoms with van der Waals surface area (Å²) in [5.41, 5.74) is 20.0. The molecule has 1 unspecified atom stereocenters. The van der Waals surface area contributed by atoms with Gasteiger partial charge in [-0.05, 0) is 13.0 Å². The number of hydrogen-bond donors (Lipinski definition) is 7. The van der Waals surface area contributed by atoms with Crippen molar-refractivity contribution in [3.63, 3.8) is 0 Å². The lowest BCUT2D eigenvalue weighted by Gasteiger charge is -2.49. The van der Waals surface area contributed by atoms with E-state index in [1.165, 1.54) is 6.92 Å². The number of aliphatic carboxylic acids is 1. The topological polar surface area (TPSA) is 227 Å². The SMILES string of the molecule is C=C[C@]1(O)O[C@H](CO)[C@@H](OC(=O)[C@H](C)N)[C@H](OC(N)(CN)C(=O)O)[C@H]1N. The average Bonchev–Trinajstić information content (AvgIpc) is 2.60. The van der Waals surface area contributed by atoms with Crippen molar-refractivity contribution in [1.29, 1.82) is 0 Å². The molecule has 12 heteroatoms. The van der Waals surface area contributed by atoms with Gasteiger partial charge in [0.1, 0.15) is 18.2 Å². The van der Waals surface area contributed by atoms with Crippen LogP contribution in [0.2, 0.25) is 0 Å². The Morgan fingerprint density at radius 3 is 2.42 bits per heavy atom. The van der Waals surface area contributed by atoms with Crippen LogP contribution >= 0.6 is 0 Å². The summed E-state index contributed by atoms with van der Waals surface area (Å²) in [7, 11) is 0. The van der Waals surface area contributed by atoms with Crippen molar-refractivity contribution in [2.24, 2.45) is 22.9 Å². The third-order valence-corrected chi connectivity index (χ3v) is 3.97. The molecule has 1 heterocycles. The maximum atomic E-state index is 11.9. The zero-order valence-electron chi connectivity index (χ0n) is 14.3. The van der Waals surface area contributed by atoms with E-state index in [0.717, 1.165) is 6.08 Å². The zero-order chi connectivity index (χ0) is 20.3. The van der Waals surface area contributed by atoms with E-state index < -0.39 is 67.0 Å². The van der Waals surface area contributed by atoms with Crippen LogP contribution in [0.15, 0.2) is 12.7 Å². The van der Waals surface area contributed by atoms with E-state index in [4.69, 9.17) is 37.1 Å². The number of aliphatic hydroxyl groups is 2. The van der Waals surface area contributed by atoms with Crippen molar-refractivity contribution in [1.82, 2.24) is 0 Å². The minimum absolute atomic E-state index is 0.656. The highest BCUT2D eigenvalue weighted by atomic mass is 16.7. The fourth-order valence-corrected chi connectivity index (χ4v) is 2.32. The Balaban J connectivity index is 3.32. The van der Waals surface area contributed by atoms with E-state index >= 15 is 0 Å². The van der Waals surface area contributed by atoms with Crippen molar-refractivity contribution >= 4 is 11.9 Å². The lowest BCUT2D eigenvalue weighted by molar-refractivity contribution is -0.309. The molecule has 7 atom stereocenters. The number of ether oxygens (including phenoxy) is 3. The van der Waals surface area contributed by atoms with Crippen LogP contribution in [0.1, 0.15) is 6.92 Å². The average molecular weight is 378 g/mol. The molecule has 0 aromatic heterocycles. The summed E-state index contributed by atoms with van der Waals surface area (Å²) in [6, 6.07) is -2.52. The molecule has 1 saturated heterocycles. The number of carboxylic acids is 1. The Morgan fingerprint density at radius 2 is 2.04 bits per heavy atom. The third-order valence-electron chi connectivity index (χ3n) is 3.97. The summed E-state index contributed by atoms with van der Waals surface area (Å²) < 4.78 is 15.8. The number of hydrogen-bond acceptors (Lipinski definition) is 11. The molecule has 1 aliphatic rings. The quantitative estimate of drug-likeness (QED) is 0.121. The zero-order valence-corrected chi connectivity index (χ0v) is 14.3. The third kappa shape index (κ3) is 4.36. The molecule has 0 bridgehead atoms. The van der Waals surface area contributed by atoms with Crippen LogP contribution in [0.3, 0.4) is 0 Å². The van der Waals surface area contributed by atoms with Crippen molar-refractivity contribution in [3.8, 4) is 0 Å². The van der Waals surface area contributed by atoms with E-state index in [-0.39, 0.29) is 0 Å². The maximum absolute atomic E-state index is 11.9. The summed E-state index contributed by atoms with van der Waals surface area (Å²) in [5.74, 6) is -4.73. The summed E-state index contributed by atoms with van der Waals surface area (Å²) in [5, 5.41) is 29.3. The predicted molar refractivity (Wildman–Crippen MR) is 87.1 cm³/mol. The largest absolute Gasteiger partial charge is 0.478 e. The van der Waals surface area contributed by atoms with Gasteiger partial charge in [-0.3, -0.25) is 10.5 Å². The molecule has 0 radical (unpaired) electrons. The smallest absolute Gasteiger partial charge is 0.352 e. The molecule has 150 valence electrons. The fourth-order valence-electron chi connectivity index (χ4n) is 2.32.